The number of alkyl carbamates (subject to hydrolysis) is 1. The summed E-state index contributed by atoms with van der Waals surface area (Å²) in [5, 5.41) is 7.81. The van der Waals surface area contributed by atoms with Crippen LogP contribution in [0.2, 0.25) is 5.02 Å². The zero-order valence-electron chi connectivity index (χ0n) is 38.8. The molecule has 0 spiro atoms. The Kier molecular flexibility index (Phi) is 14.8. The molecule has 5 heterocycles. The van der Waals surface area contributed by atoms with E-state index in [2.05, 4.69) is 35.4 Å². The van der Waals surface area contributed by atoms with E-state index in [0.29, 0.717) is 81.0 Å². The van der Waals surface area contributed by atoms with E-state index < -0.39 is 40.3 Å². The standard InChI is InChI=1S/C51H61ClF2N8O5/c1-5-33-7-6-8-35(29-33)36-30-41(53)44(42(54)31-36)47(63)62-25-16-39(17-26-62)66-38-14-22-60(23-15-38)24-18-43(34-9-11-37(52)12-10-34)58-48(64)51(59-49(65)67-50(2,3)4)19-27-61(28-20-51)46-40-13-21-55-45(40)56-32-57-46/h6-13,21,29-32,38-39,43H,5,14-20,22-28H2,1-4H3,(H,58,64)(H,59,65)(H,55,56,57)/t43-/m0/s1. The van der Waals surface area contributed by atoms with Gasteiger partial charge in [0.05, 0.1) is 23.6 Å². The van der Waals surface area contributed by atoms with Gasteiger partial charge in [-0.05, 0) is 125 Å². The lowest BCUT2D eigenvalue weighted by atomic mass is 9.85. The Bertz CT molecular complexity index is 2500. The highest BCUT2D eigenvalue weighted by Gasteiger charge is 2.45. The van der Waals surface area contributed by atoms with Crippen LogP contribution in [-0.2, 0) is 20.7 Å². The van der Waals surface area contributed by atoms with Crippen molar-refractivity contribution in [3.05, 3.63) is 113 Å². The highest BCUT2D eigenvalue weighted by atomic mass is 35.5. The molecular formula is C51H61ClF2N8O5. The van der Waals surface area contributed by atoms with Crippen LogP contribution >= 0.6 is 11.6 Å². The van der Waals surface area contributed by atoms with Gasteiger partial charge in [0.1, 0.15) is 46.1 Å². The number of aromatic nitrogens is 3. The zero-order chi connectivity index (χ0) is 47.3. The number of benzene rings is 3. The molecule has 3 saturated heterocycles. The van der Waals surface area contributed by atoms with E-state index >= 15 is 8.78 Å². The number of carbonyl (C=O) groups excluding carboxylic acids is 3. The van der Waals surface area contributed by atoms with Crippen molar-refractivity contribution in [2.45, 2.75) is 108 Å². The number of likely N-dealkylation sites (tertiary alicyclic amines) is 2. The smallest absolute Gasteiger partial charge is 0.408 e. The summed E-state index contributed by atoms with van der Waals surface area (Å²) in [6, 6.07) is 19.1. The number of nitrogens with one attached hydrogen (secondary N) is 3. The summed E-state index contributed by atoms with van der Waals surface area (Å²) in [5.41, 5.74) is 1.28. The molecular weight excluding hydrogens is 878 g/mol. The van der Waals surface area contributed by atoms with E-state index in [4.69, 9.17) is 21.1 Å². The van der Waals surface area contributed by atoms with Crippen LogP contribution in [0.1, 0.15) is 100 Å². The first kappa shape index (κ1) is 47.8. The third kappa shape index (κ3) is 11.6. The summed E-state index contributed by atoms with van der Waals surface area (Å²) >= 11 is 6.31. The van der Waals surface area contributed by atoms with Crippen molar-refractivity contribution in [3.63, 3.8) is 0 Å². The predicted molar refractivity (Wildman–Crippen MR) is 255 cm³/mol. The molecule has 3 aliphatic rings. The lowest BCUT2D eigenvalue weighted by molar-refractivity contribution is -0.129. The van der Waals surface area contributed by atoms with Crippen LogP contribution < -0.4 is 15.5 Å². The van der Waals surface area contributed by atoms with Crippen LogP contribution in [-0.4, -0.2) is 112 Å². The Morgan fingerprint density at radius 3 is 2.21 bits per heavy atom. The first-order valence-electron chi connectivity index (χ1n) is 23.5. The number of hydrogen-bond acceptors (Lipinski definition) is 9. The molecule has 0 saturated carbocycles. The first-order valence-corrected chi connectivity index (χ1v) is 23.9. The molecule has 13 nitrogen and oxygen atoms in total. The maximum atomic E-state index is 15.4. The molecule has 3 N–H and O–H groups in total. The highest BCUT2D eigenvalue weighted by molar-refractivity contribution is 6.30. The van der Waals surface area contributed by atoms with E-state index in [1.54, 1.807) is 20.8 Å². The van der Waals surface area contributed by atoms with Crippen molar-refractivity contribution < 1.29 is 32.6 Å². The Labute approximate surface area is 395 Å². The number of halogens is 3. The maximum absolute atomic E-state index is 15.4. The van der Waals surface area contributed by atoms with Gasteiger partial charge in [0.15, 0.2) is 0 Å². The van der Waals surface area contributed by atoms with Gasteiger partial charge in [-0.3, -0.25) is 9.59 Å². The number of rotatable bonds is 13. The quantitative estimate of drug-likeness (QED) is 0.105. The fraction of sp³-hybridized carbons (Fsp3) is 0.471. The van der Waals surface area contributed by atoms with E-state index in [1.165, 1.54) is 23.4 Å². The monoisotopic (exact) mass is 938 g/mol. The molecule has 0 unspecified atom stereocenters. The number of aryl methyl sites for hydroxylation is 1. The number of carbonyl (C=O) groups is 3. The average Bonchev–Trinajstić information content (AvgIpc) is 3.80. The van der Waals surface area contributed by atoms with Gasteiger partial charge in [-0.15, -0.1) is 0 Å². The van der Waals surface area contributed by atoms with Crippen molar-refractivity contribution in [3.8, 4) is 11.1 Å². The summed E-state index contributed by atoms with van der Waals surface area (Å²) in [5.74, 6) is -1.87. The first-order chi connectivity index (χ1) is 32.2. The van der Waals surface area contributed by atoms with Crippen molar-refractivity contribution in [1.82, 2.24) is 35.4 Å². The number of hydrogen-bond donors (Lipinski definition) is 3. The molecule has 0 bridgehead atoms. The lowest BCUT2D eigenvalue weighted by Gasteiger charge is -2.42. The molecule has 3 amide bonds. The van der Waals surface area contributed by atoms with Gasteiger partial charge < -0.3 is 39.8 Å². The third-order valence-electron chi connectivity index (χ3n) is 13.3. The van der Waals surface area contributed by atoms with Gasteiger partial charge in [0.25, 0.3) is 5.91 Å². The molecule has 1 atom stereocenters. The van der Waals surface area contributed by atoms with E-state index in [9.17, 15) is 14.4 Å². The molecule has 8 rings (SSSR count). The van der Waals surface area contributed by atoms with E-state index in [-0.39, 0.29) is 24.2 Å². The number of H-pyrrole nitrogens is 1. The second-order valence-corrected chi connectivity index (χ2v) is 19.5. The fourth-order valence-corrected chi connectivity index (χ4v) is 9.68. The minimum atomic E-state index is -1.24. The zero-order valence-corrected chi connectivity index (χ0v) is 39.5. The Balaban J connectivity index is 0.852. The normalized spacial score (nSPS) is 17.9. The van der Waals surface area contributed by atoms with Gasteiger partial charge in [-0.25, -0.2) is 23.5 Å². The maximum Gasteiger partial charge on any atom is 0.408 e. The molecule has 3 fully saturated rings. The van der Waals surface area contributed by atoms with Gasteiger partial charge >= 0.3 is 6.09 Å². The predicted octanol–water partition coefficient (Wildman–Crippen LogP) is 9.02. The molecule has 67 heavy (non-hydrogen) atoms. The second-order valence-electron chi connectivity index (χ2n) is 19.0. The van der Waals surface area contributed by atoms with Crippen LogP contribution in [0.5, 0.6) is 0 Å². The summed E-state index contributed by atoms with van der Waals surface area (Å²) in [4.78, 5) is 59.5. The van der Waals surface area contributed by atoms with Crippen molar-refractivity contribution >= 4 is 46.4 Å². The van der Waals surface area contributed by atoms with Crippen molar-refractivity contribution in [2.24, 2.45) is 0 Å². The SMILES string of the molecule is CCc1cccc(-c2cc(F)c(C(=O)N3CCC(OC4CCN(CC[C@H](NC(=O)C5(NC(=O)OC(C)(C)C)CCN(c6ncnc7[nH]ccc67)CC5)c5ccc(Cl)cc5)CC4)CC3)c(F)c2)c1. The molecule has 16 heteroatoms. The molecule has 5 aromatic rings. The Morgan fingerprint density at radius 2 is 1.55 bits per heavy atom. The van der Waals surface area contributed by atoms with Crippen LogP contribution in [0, 0.1) is 11.6 Å². The van der Waals surface area contributed by atoms with E-state index in [1.807, 2.05) is 67.7 Å². The Morgan fingerprint density at radius 1 is 0.881 bits per heavy atom. The van der Waals surface area contributed by atoms with Gasteiger partial charge in [0.2, 0.25) is 5.91 Å². The number of nitrogens with zero attached hydrogens (tertiary/aromatic N) is 5. The van der Waals surface area contributed by atoms with Crippen LogP contribution in [0.4, 0.5) is 19.4 Å². The van der Waals surface area contributed by atoms with Gasteiger partial charge in [-0.1, -0.05) is 54.9 Å². The molecule has 356 valence electrons. The van der Waals surface area contributed by atoms with Crippen molar-refractivity contribution in [1.29, 1.82) is 0 Å². The van der Waals surface area contributed by atoms with Gasteiger partial charge in [-0.2, -0.15) is 0 Å². The summed E-state index contributed by atoms with van der Waals surface area (Å²) in [7, 11) is 0. The van der Waals surface area contributed by atoms with Crippen LogP contribution in [0.3, 0.4) is 0 Å². The largest absolute Gasteiger partial charge is 0.444 e. The number of amides is 3. The molecule has 3 aliphatic heterocycles. The van der Waals surface area contributed by atoms with Crippen LogP contribution in [0.15, 0.2) is 79.3 Å². The number of aromatic amines is 1. The third-order valence-corrected chi connectivity index (χ3v) is 13.6. The van der Waals surface area contributed by atoms with Crippen molar-refractivity contribution in [2.75, 3.05) is 50.7 Å². The molecule has 0 aliphatic carbocycles. The highest BCUT2D eigenvalue weighted by Crippen LogP contribution is 2.33. The number of anilines is 1. The summed E-state index contributed by atoms with van der Waals surface area (Å²) < 4.78 is 43.0. The van der Waals surface area contributed by atoms with Crippen LogP contribution in [0.25, 0.3) is 22.2 Å². The minimum Gasteiger partial charge on any atom is -0.444 e. The summed E-state index contributed by atoms with van der Waals surface area (Å²) in [6.07, 6.45) is 7.55. The number of fused-ring (bicyclic) bond motifs is 1. The molecule has 3 aromatic carbocycles. The molecule has 2 aromatic heterocycles. The number of ether oxygens (including phenoxy) is 2. The lowest BCUT2D eigenvalue weighted by Crippen LogP contribution is -2.64. The van der Waals surface area contributed by atoms with Gasteiger partial charge in [0, 0.05) is 57.0 Å². The minimum absolute atomic E-state index is 0.0456. The average molecular weight is 940 g/mol. The Hall–Kier alpha value is -5.64. The molecule has 0 radical (unpaired) electrons. The fourth-order valence-electron chi connectivity index (χ4n) is 9.55. The number of piperidine rings is 3. The summed E-state index contributed by atoms with van der Waals surface area (Å²) in [6.45, 7) is 11.3. The van der Waals surface area contributed by atoms with E-state index in [0.717, 1.165) is 60.3 Å². The second kappa shape index (κ2) is 20.7. The topological polar surface area (TPSA) is 145 Å².